The molecular weight excluding hydrogens is 431 g/mol. The Morgan fingerprint density at radius 1 is 0.882 bits per heavy atom. The maximum atomic E-state index is 13.7. The summed E-state index contributed by atoms with van der Waals surface area (Å²) < 4.78 is 15.4. The van der Waals surface area contributed by atoms with Crippen LogP contribution in [0.2, 0.25) is 0 Å². The summed E-state index contributed by atoms with van der Waals surface area (Å²) in [4.78, 5) is 25.2. The van der Waals surface area contributed by atoms with Crippen molar-refractivity contribution >= 4 is 11.8 Å². The van der Waals surface area contributed by atoms with Crippen molar-refractivity contribution < 1.29 is 14.0 Å². The largest absolute Gasteiger partial charge is 0.350 e. The number of nitrogens with zero attached hydrogens (tertiary/aromatic N) is 2. The fourth-order valence-corrected chi connectivity index (χ4v) is 3.53. The standard InChI is InChI=1S/C27H25FN4O2/c1-19-12-13-22(16-24(19)28)26(33)29-14-15-30-27(34)23-18-32(17-20-8-4-2-5-9-20)31-25(23)21-10-6-3-7-11-21/h2-13,16,18H,14-15,17H2,1H3,(H,29,33)(H,30,34). The highest BCUT2D eigenvalue weighted by molar-refractivity contribution is 6.00. The highest BCUT2D eigenvalue weighted by Gasteiger charge is 2.18. The van der Waals surface area contributed by atoms with E-state index in [4.69, 9.17) is 0 Å². The number of aryl methyl sites for hydroxylation is 1. The molecule has 0 atom stereocenters. The second-order valence-electron chi connectivity index (χ2n) is 7.92. The minimum atomic E-state index is -0.429. The zero-order chi connectivity index (χ0) is 23.9. The van der Waals surface area contributed by atoms with Crippen LogP contribution in [-0.2, 0) is 6.54 Å². The van der Waals surface area contributed by atoms with Crippen molar-refractivity contribution in [1.82, 2.24) is 20.4 Å². The van der Waals surface area contributed by atoms with Crippen molar-refractivity contribution in [2.24, 2.45) is 0 Å². The zero-order valence-electron chi connectivity index (χ0n) is 18.8. The predicted molar refractivity (Wildman–Crippen MR) is 129 cm³/mol. The molecule has 0 aliphatic rings. The third kappa shape index (κ3) is 5.56. The highest BCUT2D eigenvalue weighted by Crippen LogP contribution is 2.22. The first-order valence-electron chi connectivity index (χ1n) is 11.0. The van der Waals surface area contributed by atoms with E-state index in [0.717, 1.165) is 11.1 Å². The average molecular weight is 457 g/mol. The maximum absolute atomic E-state index is 13.7. The molecule has 6 nitrogen and oxygen atoms in total. The second-order valence-corrected chi connectivity index (χ2v) is 7.92. The number of benzene rings is 3. The minimum Gasteiger partial charge on any atom is -0.350 e. The van der Waals surface area contributed by atoms with Gasteiger partial charge in [-0.05, 0) is 30.2 Å². The second kappa shape index (κ2) is 10.6. The van der Waals surface area contributed by atoms with Gasteiger partial charge in [-0.3, -0.25) is 14.3 Å². The van der Waals surface area contributed by atoms with Crippen molar-refractivity contribution in [3.63, 3.8) is 0 Å². The van der Waals surface area contributed by atoms with Gasteiger partial charge < -0.3 is 10.6 Å². The van der Waals surface area contributed by atoms with Gasteiger partial charge in [0.15, 0.2) is 0 Å². The quantitative estimate of drug-likeness (QED) is 0.390. The van der Waals surface area contributed by atoms with Crippen LogP contribution in [0.3, 0.4) is 0 Å². The molecule has 3 aromatic carbocycles. The van der Waals surface area contributed by atoms with Gasteiger partial charge in [0.05, 0.1) is 12.1 Å². The summed E-state index contributed by atoms with van der Waals surface area (Å²) in [5.74, 6) is -1.11. The van der Waals surface area contributed by atoms with E-state index < -0.39 is 11.7 Å². The van der Waals surface area contributed by atoms with Crippen molar-refractivity contribution in [3.05, 3.63) is 113 Å². The Morgan fingerprint density at radius 2 is 1.53 bits per heavy atom. The normalized spacial score (nSPS) is 10.6. The molecule has 0 radical (unpaired) electrons. The van der Waals surface area contributed by atoms with Gasteiger partial charge in [0.25, 0.3) is 11.8 Å². The smallest absolute Gasteiger partial charge is 0.255 e. The Hall–Kier alpha value is -4.26. The van der Waals surface area contributed by atoms with Crippen LogP contribution in [-0.4, -0.2) is 34.7 Å². The van der Waals surface area contributed by atoms with E-state index in [9.17, 15) is 14.0 Å². The first-order chi connectivity index (χ1) is 16.5. The lowest BCUT2D eigenvalue weighted by atomic mass is 10.1. The number of carbonyl (C=O) groups excluding carboxylic acids is 2. The third-order valence-electron chi connectivity index (χ3n) is 5.37. The Balaban J connectivity index is 1.42. The number of halogens is 1. The monoisotopic (exact) mass is 456 g/mol. The van der Waals surface area contributed by atoms with Gasteiger partial charge in [0.1, 0.15) is 11.5 Å². The fourth-order valence-electron chi connectivity index (χ4n) is 3.53. The van der Waals surface area contributed by atoms with Crippen molar-refractivity contribution in [2.45, 2.75) is 13.5 Å². The molecule has 4 rings (SSSR count). The van der Waals surface area contributed by atoms with E-state index >= 15 is 0 Å². The predicted octanol–water partition coefficient (Wildman–Crippen LogP) is 4.21. The van der Waals surface area contributed by atoms with E-state index in [1.54, 1.807) is 29.9 Å². The molecule has 2 N–H and O–H groups in total. The van der Waals surface area contributed by atoms with Crippen molar-refractivity contribution in [3.8, 4) is 11.3 Å². The molecule has 0 bridgehead atoms. The van der Waals surface area contributed by atoms with Crippen LogP contribution in [0.15, 0.2) is 85.1 Å². The number of aromatic nitrogens is 2. The SMILES string of the molecule is Cc1ccc(C(=O)NCCNC(=O)c2cn(Cc3ccccc3)nc2-c2ccccc2)cc1F. The molecule has 0 aliphatic heterocycles. The van der Waals surface area contributed by atoms with Gasteiger partial charge in [-0.15, -0.1) is 0 Å². The van der Waals surface area contributed by atoms with Gasteiger partial charge in [-0.1, -0.05) is 66.7 Å². The molecule has 4 aromatic rings. The molecule has 7 heteroatoms. The molecule has 2 amide bonds. The van der Waals surface area contributed by atoms with E-state index in [-0.39, 0.29) is 24.6 Å². The van der Waals surface area contributed by atoms with Crippen LogP contribution in [0.5, 0.6) is 0 Å². The lowest BCUT2D eigenvalue weighted by molar-refractivity contribution is 0.0927. The molecule has 1 aromatic heterocycles. The van der Waals surface area contributed by atoms with Crippen LogP contribution >= 0.6 is 0 Å². The number of amides is 2. The summed E-state index contributed by atoms with van der Waals surface area (Å²) in [7, 11) is 0. The van der Waals surface area contributed by atoms with Gasteiger partial charge >= 0.3 is 0 Å². The third-order valence-corrected chi connectivity index (χ3v) is 5.37. The van der Waals surface area contributed by atoms with E-state index in [1.165, 1.54) is 6.07 Å². The van der Waals surface area contributed by atoms with Crippen molar-refractivity contribution in [1.29, 1.82) is 0 Å². The molecule has 0 aliphatic carbocycles. The van der Waals surface area contributed by atoms with Crippen LogP contribution < -0.4 is 10.6 Å². The number of nitrogens with one attached hydrogen (secondary N) is 2. The summed E-state index contributed by atoms with van der Waals surface area (Å²) in [5.41, 5.74) is 3.68. The summed E-state index contributed by atoms with van der Waals surface area (Å²) in [6, 6.07) is 23.8. The first kappa shape index (κ1) is 22.9. The number of hydrogen-bond donors (Lipinski definition) is 2. The van der Waals surface area contributed by atoms with Crippen molar-refractivity contribution in [2.75, 3.05) is 13.1 Å². The first-order valence-corrected chi connectivity index (χ1v) is 11.0. The molecule has 0 saturated heterocycles. The topological polar surface area (TPSA) is 76.0 Å². The molecule has 0 saturated carbocycles. The zero-order valence-corrected chi connectivity index (χ0v) is 18.8. The van der Waals surface area contributed by atoms with Gasteiger partial charge in [-0.25, -0.2) is 4.39 Å². The molecule has 0 fully saturated rings. The van der Waals surface area contributed by atoms with Gasteiger partial charge in [0, 0.05) is 30.4 Å². The molecule has 172 valence electrons. The van der Waals surface area contributed by atoms with E-state index in [1.807, 2.05) is 60.7 Å². The molecular formula is C27H25FN4O2. The van der Waals surface area contributed by atoms with E-state index in [2.05, 4.69) is 15.7 Å². The van der Waals surface area contributed by atoms with Crippen LogP contribution in [0.1, 0.15) is 31.8 Å². The summed E-state index contributed by atoms with van der Waals surface area (Å²) in [6.07, 6.45) is 1.73. The van der Waals surface area contributed by atoms with Gasteiger partial charge in [-0.2, -0.15) is 5.10 Å². The average Bonchev–Trinajstić information content (AvgIpc) is 3.28. The maximum Gasteiger partial charge on any atom is 0.255 e. The summed E-state index contributed by atoms with van der Waals surface area (Å²) >= 11 is 0. The van der Waals surface area contributed by atoms with Crippen LogP contribution in [0.4, 0.5) is 4.39 Å². The number of rotatable bonds is 8. The lowest BCUT2D eigenvalue weighted by Crippen LogP contribution is -2.34. The highest BCUT2D eigenvalue weighted by atomic mass is 19.1. The number of hydrogen-bond acceptors (Lipinski definition) is 3. The molecule has 34 heavy (non-hydrogen) atoms. The van der Waals surface area contributed by atoms with Crippen LogP contribution in [0, 0.1) is 12.7 Å². The fraction of sp³-hybridized carbons (Fsp3) is 0.148. The summed E-state index contributed by atoms with van der Waals surface area (Å²) in [6.45, 7) is 2.60. The van der Waals surface area contributed by atoms with Crippen LogP contribution in [0.25, 0.3) is 11.3 Å². The van der Waals surface area contributed by atoms with Gasteiger partial charge in [0.2, 0.25) is 0 Å². The molecule has 0 spiro atoms. The number of carbonyl (C=O) groups is 2. The Bertz CT molecular complexity index is 1290. The minimum absolute atomic E-state index is 0.207. The summed E-state index contributed by atoms with van der Waals surface area (Å²) in [5, 5.41) is 10.2. The molecule has 0 unspecified atom stereocenters. The molecule has 1 heterocycles. The Labute approximate surface area is 197 Å². The lowest BCUT2D eigenvalue weighted by Gasteiger charge is -2.08. The Morgan fingerprint density at radius 3 is 2.21 bits per heavy atom. The van der Waals surface area contributed by atoms with E-state index in [0.29, 0.717) is 23.4 Å². The Kier molecular flexibility index (Phi) is 7.13.